The van der Waals surface area contributed by atoms with Gasteiger partial charge in [-0.2, -0.15) is 0 Å². The lowest BCUT2D eigenvalue weighted by molar-refractivity contribution is 1.02. The maximum atomic E-state index is 12.8. The second-order valence-corrected chi connectivity index (χ2v) is 8.35. The molecule has 4 N–H and O–H groups in total. The minimum Gasteiger partial charge on any atom is -0.384 e. The van der Waals surface area contributed by atoms with E-state index >= 15 is 0 Å². The number of aryl methyl sites for hydroxylation is 1. The van der Waals surface area contributed by atoms with E-state index < -0.39 is 0 Å². The van der Waals surface area contributed by atoms with Crippen LogP contribution in [0.5, 0.6) is 0 Å². The number of fused-ring (bicyclic) bond motifs is 2. The minimum atomic E-state index is -0.191. The second-order valence-electron chi connectivity index (χ2n) is 8.35. The van der Waals surface area contributed by atoms with Gasteiger partial charge in [0.15, 0.2) is 0 Å². The van der Waals surface area contributed by atoms with E-state index in [1.165, 1.54) is 10.9 Å². The Morgan fingerprint density at radius 3 is 2.88 bits per heavy atom. The van der Waals surface area contributed by atoms with E-state index in [-0.39, 0.29) is 5.56 Å². The van der Waals surface area contributed by atoms with Gasteiger partial charge in [-0.3, -0.25) is 4.79 Å². The molecule has 168 valence electrons. The Hall–Kier alpha value is -4.59. The van der Waals surface area contributed by atoms with Crippen LogP contribution in [0, 0.1) is 6.92 Å². The zero-order chi connectivity index (χ0) is 23.1. The van der Waals surface area contributed by atoms with Gasteiger partial charge in [-0.1, -0.05) is 18.2 Å². The first-order chi connectivity index (χ1) is 16.7. The van der Waals surface area contributed by atoms with Gasteiger partial charge >= 0.3 is 0 Å². The molecule has 0 unspecified atom stereocenters. The summed E-state index contributed by atoms with van der Waals surface area (Å²) in [7, 11) is 0. The van der Waals surface area contributed by atoms with Gasteiger partial charge in [-0.25, -0.2) is 9.97 Å². The maximum Gasteiger partial charge on any atom is 0.261 e. The molecule has 6 rings (SSSR count). The Morgan fingerprint density at radius 2 is 2.00 bits per heavy atom. The summed E-state index contributed by atoms with van der Waals surface area (Å²) < 4.78 is 1.94. The number of H-pyrrole nitrogens is 3. The molecular weight excluding hydrogens is 426 g/mol. The molecule has 0 bridgehead atoms. The quantitative estimate of drug-likeness (QED) is 0.299. The summed E-state index contributed by atoms with van der Waals surface area (Å²) in [4.78, 5) is 31.2. The number of hydrogen-bond acceptors (Lipinski definition) is 4. The van der Waals surface area contributed by atoms with Crippen molar-refractivity contribution in [2.75, 3.05) is 11.9 Å². The minimum absolute atomic E-state index is 0.191. The third-order valence-corrected chi connectivity index (χ3v) is 6.15. The highest BCUT2D eigenvalue weighted by Crippen LogP contribution is 2.27. The zero-order valence-electron chi connectivity index (χ0n) is 18.6. The summed E-state index contributed by atoms with van der Waals surface area (Å²) in [6.07, 6.45) is 9.93. The standard InChI is InChI=1S/C26H23N7O/c1-16-12-18(33-11-10-27-15-33)13-22-24(16)32-25(31-22)23-21(7-9-29-26(23)34)28-8-6-17-14-30-20-5-3-2-4-19(17)20/h2-5,7,9-15,30H,6,8H2,1H3,(H,31,32)(H2,28,29,34). The molecule has 0 saturated carbocycles. The number of nitrogens with zero attached hydrogens (tertiary/aromatic N) is 3. The van der Waals surface area contributed by atoms with Crippen molar-refractivity contribution < 1.29 is 0 Å². The molecule has 0 spiro atoms. The van der Waals surface area contributed by atoms with Crippen LogP contribution in [0.1, 0.15) is 11.1 Å². The van der Waals surface area contributed by atoms with Crippen LogP contribution in [0.15, 0.2) is 78.4 Å². The van der Waals surface area contributed by atoms with E-state index in [1.807, 2.05) is 48.1 Å². The molecule has 0 aliphatic carbocycles. The topological polar surface area (TPSA) is 107 Å². The molecular formula is C26H23N7O. The first-order valence-corrected chi connectivity index (χ1v) is 11.2. The van der Waals surface area contributed by atoms with Crippen molar-refractivity contribution in [2.24, 2.45) is 0 Å². The molecule has 2 aromatic carbocycles. The van der Waals surface area contributed by atoms with Gasteiger partial charge in [0, 0.05) is 47.9 Å². The van der Waals surface area contributed by atoms with Gasteiger partial charge in [-0.15, -0.1) is 0 Å². The molecule has 8 heteroatoms. The van der Waals surface area contributed by atoms with Crippen molar-refractivity contribution in [1.29, 1.82) is 0 Å². The molecule has 4 heterocycles. The van der Waals surface area contributed by atoms with Crippen LogP contribution in [0.2, 0.25) is 0 Å². The van der Waals surface area contributed by atoms with Crippen LogP contribution < -0.4 is 10.9 Å². The van der Waals surface area contributed by atoms with Gasteiger partial charge in [0.25, 0.3) is 5.56 Å². The number of benzene rings is 2. The summed E-state index contributed by atoms with van der Waals surface area (Å²) in [5.41, 5.74) is 7.13. The molecule has 34 heavy (non-hydrogen) atoms. The fourth-order valence-electron chi connectivity index (χ4n) is 4.48. The Balaban J connectivity index is 1.32. The van der Waals surface area contributed by atoms with Crippen molar-refractivity contribution in [3.8, 4) is 17.1 Å². The highest BCUT2D eigenvalue weighted by molar-refractivity contribution is 5.86. The molecule has 4 aromatic heterocycles. The average Bonchev–Trinajstić information content (AvgIpc) is 3.59. The number of imidazole rings is 2. The highest BCUT2D eigenvalue weighted by Gasteiger charge is 2.16. The number of hydrogen-bond donors (Lipinski definition) is 4. The zero-order valence-corrected chi connectivity index (χ0v) is 18.6. The summed E-state index contributed by atoms with van der Waals surface area (Å²) in [5, 5.41) is 4.66. The Morgan fingerprint density at radius 1 is 1.09 bits per heavy atom. The summed E-state index contributed by atoms with van der Waals surface area (Å²) >= 11 is 0. The Bertz CT molecular complexity index is 1670. The summed E-state index contributed by atoms with van der Waals surface area (Å²) in [6, 6.07) is 14.2. The first kappa shape index (κ1) is 20.0. The van der Waals surface area contributed by atoms with Gasteiger partial charge in [-0.05, 0) is 48.7 Å². The maximum absolute atomic E-state index is 12.8. The SMILES string of the molecule is Cc1cc(-n2ccnc2)cc2[nH]c(-c3c(NCCc4c[nH]c5ccccc45)cc[nH]c3=O)nc12. The first-order valence-electron chi connectivity index (χ1n) is 11.2. The van der Waals surface area contributed by atoms with Crippen LogP contribution in [-0.2, 0) is 6.42 Å². The second kappa shape index (κ2) is 8.08. The molecule has 0 atom stereocenters. The fraction of sp³-hybridized carbons (Fsp3) is 0.115. The summed E-state index contributed by atoms with van der Waals surface area (Å²) in [6.45, 7) is 2.70. The van der Waals surface area contributed by atoms with Gasteiger partial charge in [0.2, 0.25) is 0 Å². The van der Waals surface area contributed by atoms with Crippen molar-refractivity contribution in [3.63, 3.8) is 0 Å². The van der Waals surface area contributed by atoms with Crippen LogP contribution in [0.25, 0.3) is 39.0 Å². The smallest absolute Gasteiger partial charge is 0.261 e. The lowest BCUT2D eigenvalue weighted by Gasteiger charge is -2.09. The monoisotopic (exact) mass is 449 g/mol. The number of aromatic nitrogens is 6. The third kappa shape index (κ3) is 3.45. The van der Waals surface area contributed by atoms with Crippen molar-refractivity contribution in [1.82, 2.24) is 29.5 Å². The van der Waals surface area contributed by atoms with E-state index in [2.05, 4.69) is 43.5 Å². The number of nitrogens with one attached hydrogen (secondary N) is 4. The fourth-order valence-corrected chi connectivity index (χ4v) is 4.48. The molecule has 0 aliphatic heterocycles. The molecule has 0 radical (unpaired) electrons. The van der Waals surface area contributed by atoms with E-state index in [4.69, 9.17) is 4.98 Å². The molecule has 0 saturated heterocycles. The van der Waals surface area contributed by atoms with Gasteiger partial charge < -0.3 is 24.8 Å². The lowest BCUT2D eigenvalue weighted by Crippen LogP contribution is -2.14. The normalized spacial score (nSPS) is 11.4. The van der Waals surface area contributed by atoms with Crippen LogP contribution in [-0.4, -0.2) is 36.0 Å². The number of rotatable bonds is 6. The largest absolute Gasteiger partial charge is 0.384 e. The van der Waals surface area contributed by atoms with E-state index in [1.54, 1.807) is 18.7 Å². The molecule has 0 amide bonds. The van der Waals surface area contributed by atoms with Crippen LogP contribution in [0.3, 0.4) is 0 Å². The predicted molar refractivity (Wildman–Crippen MR) is 135 cm³/mol. The van der Waals surface area contributed by atoms with Gasteiger partial charge in [0.1, 0.15) is 11.4 Å². The number of pyridine rings is 1. The van der Waals surface area contributed by atoms with Crippen molar-refractivity contribution >= 4 is 27.6 Å². The molecule has 6 aromatic rings. The number of anilines is 1. The van der Waals surface area contributed by atoms with Gasteiger partial charge in [0.05, 0.1) is 23.0 Å². The summed E-state index contributed by atoms with van der Waals surface area (Å²) in [5.74, 6) is 0.539. The number of para-hydroxylation sites is 1. The Labute approximate surface area is 194 Å². The molecule has 0 aliphatic rings. The van der Waals surface area contributed by atoms with Crippen molar-refractivity contribution in [2.45, 2.75) is 13.3 Å². The molecule has 8 nitrogen and oxygen atoms in total. The lowest BCUT2D eigenvalue weighted by atomic mass is 10.1. The average molecular weight is 450 g/mol. The van der Waals surface area contributed by atoms with E-state index in [0.29, 0.717) is 17.9 Å². The molecule has 0 fully saturated rings. The Kier molecular flexibility index (Phi) is 4.76. The van der Waals surface area contributed by atoms with Crippen LogP contribution in [0.4, 0.5) is 5.69 Å². The third-order valence-electron chi connectivity index (χ3n) is 6.15. The van der Waals surface area contributed by atoms with Crippen molar-refractivity contribution in [3.05, 3.63) is 95.1 Å². The van der Waals surface area contributed by atoms with E-state index in [0.717, 1.165) is 39.9 Å². The van der Waals surface area contributed by atoms with E-state index in [9.17, 15) is 4.79 Å². The highest BCUT2D eigenvalue weighted by atomic mass is 16.1. The van der Waals surface area contributed by atoms with Crippen LogP contribution >= 0.6 is 0 Å². The number of aromatic amines is 3. The predicted octanol–water partition coefficient (Wildman–Crippen LogP) is 4.55.